The van der Waals surface area contributed by atoms with E-state index in [0.29, 0.717) is 0 Å². The highest BCUT2D eigenvalue weighted by atomic mass is 19.1. The van der Waals surface area contributed by atoms with E-state index in [0.717, 1.165) is 12.1 Å². The predicted molar refractivity (Wildman–Crippen MR) is 43.2 cm³/mol. The third-order valence-corrected chi connectivity index (χ3v) is 1.54. The minimum absolute atomic E-state index is 0.0580. The first-order valence-electron chi connectivity index (χ1n) is 3.54. The highest BCUT2D eigenvalue weighted by molar-refractivity contribution is 5.36. The normalized spacial score (nSPS) is 9.38. The minimum atomic E-state index is -0.777. The summed E-state index contributed by atoms with van der Waals surface area (Å²) in [5.74, 6) is -1.53. The molecule has 0 radical (unpaired) electrons. The summed E-state index contributed by atoms with van der Waals surface area (Å²) in [7, 11) is 1.28. The molecule has 0 aromatic heterocycles. The van der Waals surface area contributed by atoms with Crippen molar-refractivity contribution in [1.82, 2.24) is 0 Å². The molecule has 4 heteroatoms. The van der Waals surface area contributed by atoms with Crippen molar-refractivity contribution in [3.05, 3.63) is 40.7 Å². The molecule has 68 valence electrons. The largest absolute Gasteiger partial charge is 0.493 e. The average molecular weight is 183 g/mol. The lowest BCUT2D eigenvalue weighted by Gasteiger charge is -2.04. The highest BCUT2D eigenvalue weighted by Gasteiger charge is 2.13. The van der Waals surface area contributed by atoms with Crippen LogP contribution in [-0.2, 0) is 6.54 Å². The first-order chi connectivity index (χ1) is 6.19. The Bertz CT molecular complexity index is 357. The number of nitrogens with zero attached hydrogens (tertiary/aromatic N) is 1. The van der Waals surface area contributed by atoms with E-state index in [4.69, 9.17) is 11.3 Å². The maximum Gasteiger partial charge on any atom is 0.243 e. The van der Waals surface area contributed by atoms with Gasteiger partial charge in [0.1, 0.15) is 5.82 Å². The second-order valence-electron chi connectivity index (χ2n) is 2.40. The molecule has 0 heterocycles. The molecule has 0 aliphatic heterocycles. The van der Waals surface area contributed by atoms with Crippen LogP contribution in [0, 0.1) is 18.2 Å². The van der Waals surface area contributed by atoms with Gasteiger partial charge in [0, 0.05) is 6.07 Å². The molecule has 0 N–H and O–H groups in total. The topological polar surface area (TPSA) is 13.6 Å². The predicted octanol–water partition coefficient (Wildman–Crippen LogP) is 2.39. The first-order valence-corrected chi connectivity index (χ1v) is 3.54. The maximum absolute atomic E-state index is 13.0. The Kier molecular flexibility index (Phi) is 2.80. The van der Waals surface area contributed by atoms with Gasteiger partial charge in [-0.1, -0.05) is 0 Å². The van der Waals surface area contributed by atoms with Crippen molar-refractivity contribution in [2.24, 2.45) is 0 Å². The summed E-state index contributed by atoms with van der Waals surface area (Å²) in [6.45, 7) is 6.49. The van der Waals surface area contributed by atoms with E-state index in [1.165, 1.54) is 7.11 Å². The standard InChI is InChI=1S/C9H7F2NO/c1-12-5-6-3-7(10)4-8(11)9(6)13-2/h3-4H,5H2,2H3. The van der Waals surface area contributed by atoms with Crippen LogP contribution in [0.4, 0.5) is 8.78 Å². The molecule has 2 nitrogen and oxygen atoms in total. The van der Waals surface area contributed by atoms with E-state index in [1.54, 1.807) is 0 Å². The molecule has 0 amide bonds. The van der Waals surface area contributed by atoms with Crippen molar-refractivity contribution in [2.75, 3.05) is 7.11 Å². The fourth-order valence-corrected chi connectivity index (χ4v) is 1.04. The van der Waals surface area contributed by atoms with Gasteiger partial charge in [0.05, 0.1) is 12.7 Å². The SMILES string of the molecule is [C-]#[N+]Cc1cc(F)cc(F)c1OC. The number of halogens is 2. The van der Waals surface area contributed by atoms with E-state index in [2.05, 4.69) is 4.85 Å². The van der Waals surface area contributed by atoms with Crippen LogP contribution in [0.1, 0.15) is 5.56 Å². The number of ether oxygens (including phenoxy) is 1. The fourth-order valence-electron chi connectivity index (χ4n) is 1.04. The van der Waals surface area contributed by atoms with Crippen LogP contribution < -0.4 is 4.74 Å². The first kappa shape index (κ1) is 9.46. The van der Waals surface area contributed by atoms with E-state index in [1.807, 2.05) is 0 Å². The number of hydrogen-bond donors (Lipinski definition) is 0. The second-order valence-corrected chi connectivity index (χ2v) is 2.40. The Labute approximate surface area is 74.6 Å². The van der Waals surface area contributed by atoms with Crippen LogP contribution in [-0.4, -0.2) is 7.11 Å². The van der Waals surface area contributed by atoms with Gasteiger partial charge in [-0.25, -0.2) is 15.4 Å². The highest BCUT2D eigenvalue weighted by Crippen LogP contribution is 2.24. The van der Waals surface area contributed by atoms with Crippen LogP contribution in [0.5, 0.6) is 5.75 Å². The molecule has 0 atom stereocenters. The number of methoxy groups -OCH3 is 1. The van der Waals surface area contributed by atoms with Gasteiger partial charge >= 0.3 is 0 Å². The Balaban J connectivity index is 3.23. The molecule has 0 aliphatic rings. The molecule has 1 rings (SSSR count). The van der Waals surface area contributed by atoms with Gasteiger partial charge in [0.15, 0.2) is 11.6 Å². The van der Waals surface area contributed by atoms with Gasteiger partial charge in [0.25, 0.3) is 0 Å². The monoisotopic (exact) mass is 183 g/mol. The lowest BCUT2D eigenvalue weighted by molar-refractivity contribution is 0.379. The quantitative estimate of drug-likeness (QED) is 0.642. The summed E-state index contributed by atoms with van der Waals surface area (Å²) in [4.78, 5) is 3.03. The van der Waals surface area contributed by atoms with Crippen molar-refractivity contribution in [2.45, 2.75) is 6.54 Å². The molecule has 0 spiro atoms. The summed E-state index contributed by atoms with van der Waals surface area (Å²) in [6.07, 6.45) is 0. The van der Waals surface area contributed by atoms with Gasteiger partial charge in [-0.2, -0.15) is 0 Å². The lowest BCUT2D eigenvalue weighted by atomic mass is 10.2. The van der Waals surface area contributed by atoms with Crippen LogP contribution >= 0.6 is 0 Å². The van der Waals surface area contributed by atoms with E-state index >= 15 is 0 Å². The summed E-state index contributed by atoms with van der Waals surface area (Å²) in [5.41, 5.74) is 0.231. The molecule has 13 heavy (non-hydrogen) atoms. The summed E-state index contributed by atoms with van der Waals surface area (Å²) < 4.78 is 30.3. The Morgan fingerprint density at radius 2 is 2.15 bits per heavy atom. The molecule has 0 bridgehead atoms. The molecular formula is C9H7F2NO. The number of hydrogen-bond acceptors (Lipinski definition) is 1. The van der Waals surface area contributed by atoms with Gasteiger partial charge in [-0.15, -0.1) is 0 Å². The fraction of sp³-hybridized carbons (Fsp3) is 0.222. The minimum Gasteiger partial charge on any atom is -0.493 e. The van der Waals surface area contributed by atoms with Crippen LogP contribution in [0.25, 0.3) is 4.85 Å². The van der Waals surface area contributed by atoms with Crippen molar-refractivity contribution in [1.29, 1.82) is 0 Å². The van der Waals surface area contributed by atoms with E-state index < -0.39 is 11.6 Å². The Hall–Kier alpha value is -1.63. The van der Waals surface area contributed by atoms with E-state index in [-0.39, 0.29) is 17.9 Å². The molecule has 0 unspecified atom stereocenters. The van der Waals surface area contributed by atoms with Gasteiger partial charge in [-0.05, 0) is 6.07 Å². The van der Waals surface area contributed by atoms with Crippen LogP contribution in [0.3, 0.4) is 0 Å². The molecule has 0 fully saturated rings. The van der Waals surface area contributed by atoms with E-state index in [9.17, 15) is 8.78 Å². The molecule has 1 aromatic carbocycles. The summed E-state index contributed by atoms with van der Waals surface area (Å²) in [5, 5.41) is 0. The lowest BCUT2D eigenvalue weighted by Crippen LogP contribution is -1.95. The molecule has 0 aliphatic carbocycles. The third kappa shape index (κ3) is 1.94. The van der Waals surface area contributed by atoms with Gasteiger partial charge < -0.3 is 9.58 Å². The zero-order valence-electron chi connectivity index (χ0n) is 6.97. The second kappa shape index (κ2) is 3.85. The van der Waals surface area contributed by atoms with Crippen LogP contribution in [0.15, 0.2) is 12.1 Å². The van der Waals surface area contributed by atoms with Crippen molar-refractivity contribution < 1.29 is 13.5 Å². The smallest absolute Gasteiger partial charge is 0.243 e. The van der Waals surface area contributed by atoms with Crippen molar-refractivity contribution in [3.63, 3.8) is 0 Å². The zero-order valence-corrected chi connectivity index (χ0v) is 6.97. The maximum atomic E-state index is 13.0. The molecule has 0 saturated heterocycles. The molecular weight excluding hydrogens is 176 g/mol. The number of benzene rings is 1. The Morgan fingerprint density at radius 1 is 1.46 bits per heavy atom. The number of rotatable bonds is 2. The average Bonchev–Trinajstić information content (AvgIpc) is 2.04. The van der Waals surface area contributed by atoms with Crippen LogP contribution in [0.2, 0.25) is 0 Å². The van der Waals surface area contributed by atoms with Crippen molar-refractivity contribution >= 4 is 0 Å². The Morgan fingerprint density at radius 3 is 2.69 bits per heavy atom. The zero-order chi connectivity index (χ0) is 9.84. The molecule has 0 saturated carbocycles. The molecule has 1 aromatic rings. The summed E-state index contributed by atoms with van der Waals surface area (Å²) in [6, 6.07) is 1.83. The summed E-state index contributed by atoms with van der Waals surface area (Å²) >= 11 is 0. The van der Waals surface area contributed by atoms with Gasteiger partial charge in [0.2, 0.25) is 6.54 Å². The third-order valence-electron chi connectivity index (χ3n) is 1.54. The van der Waals surface area contributed by atoms with Gasteiger partial charge in [-0.3, -0.25) is 0 Å². The van der Waals surface area contributed by atoms with Crippen molar-refractivity contribution in [3.8, 4) is 5.75 Å².